The van der Waals surface area contributed by atoms with Gasteiger partial charge in [-0.05, 0) is 24.3 Å². The fourth-order valence-corrected chi connectivity index (χ4v) is 1.74. The van der Waals surface area contributed by atoms with Crippen molar-refractivity contribution in [2.24, 2.45) is 5.16 Å². The second kappa shape index (κ2) is 7.09. The zero-order valence-corrected chi connectivity index (χ0v) is 11.9. The minimum absolute atomic E-state index is 0.305. The molecule has 2 aromatic carbocycles. The van der Waals surface area contributed by atoms with Gasteiger partial charge in [0.25, 0.3) is 5.91 Å². The number of amides is 1. The number of anilines is 1. The van der Waals surface area contributed by atoms with Gasteiger partial charge in [-0.3, -0.25) is 4.79 Å². The molecule has 1 amide bonds. The van der Waals surface area contributed by atoms with E-state index in [1.807, 2.05) is 42.5 Å². The Morgan fingerprint density at radius 1 is 1.10 bits per heavy atom. The molecule has 21 heavy (non-hydrogen) atoms. The maximum atomic E-state index is 11.9. The smallest absolute Gasteiger partial charge is 0.272 e. The third-order valence-corrected chi connectivity index (χ3v) is 2.80. The Kier molecular flexibility index (Phi) is 4.93. The lowest BCUT2D eigenvalue weighted by molar-refractivity contribution is -0.112. The Bertz CT molecular complexity index is 626. The summed E-state index contributed by atoms with van der Waals surface area (Å²) in [5.74, 6) is 0.989. The summed E-state index contributed by atoms with van der Waals surface area (Å²) in [6.07, 6.45) is 1.11. The predicted molar refractivity (Wildman–Crippen MR) is 81.9 cm³/mol. The average molecular weight is 284 g/mol. The Morgan fingerprint density at radius 2 is 1.76 bits per heavy atom. The van der Waals surface area contributed by atoms with E-state index in [9.17, 15) is 4.79 Å². The Morgan fingerprint density at radius 3 is 2.48 bits per heavy atom. The predicted octanol–water partition coefficient (Wildman–Crippen LogP) is 3.07. The van der Waals surface area contributed by atoms with Crippen LogP contribution in [-0.4, -0.2) is 26.3 Å². The third kappa shape index (κ3) is 3.82. The SMILES string of the molecule is CO/N=C/C(=O)N(C)c1ccccc1Oc1ccccc1. The van der Waals surface area contributed by atoms with Gasteiger partial charge in [-0.15, -0.1) is 0 Å². The number of carbonyl (C=O) groups excluding carboxylic acids is 1. The molecule has 0 aliphatic carbocycles. The number of nitrogens with zero attached hydrogens (tertiary/aromatic N) is 2. The molecule has 0 spiro atoms. The van der Waals surface area contributed by atoms with E-state index >= 15 is 0 Å². The molecule has 0 bridgehead atoms. The molecule has 0 saturated carbocycles. The van der Waals surface area contributed by atoms with E-state index < -0.39 is 0 Å². The first kappa shape index (κ1) is 14.6. The van der Waals surface area contributed by atoms with Crippen molar-refractivity contribution in [1.29, 1.82) is 0 Å². The van der Waals surface area contributed by atoms with Gasteiger partial charge in [-0.25, -0.2) is 0 Å². The fourth-order valence-electron chi connectivity index (χ4n) is 1.74. The molecule has 0 aromatic heterocycles. The monoisotopic (exact) mass is 284 g/mol. The molecule has 0 fully saturated rings. The number of hydrogen-bond donors (Lipinski definition) is 0. The van der Waals surface area contributed by atoms with Crippen LogP contribution in [0.4, 0.5) is 5.69 Å². The maximum Gasteiger partial charge on any atom is 0.272 e. The molecule has 2 aromatic rings. The van der Waals surface area contributed by atoms with Gasteiger partial charge in [0.1, 0.15) is 19.1 Å². The van der Waals surface area contributed by atoms with Gasteiger partial charge in [0, 0.05) is 7.05 Å². The number of ether oxygens (including phenoxy) is 1. The lowest BCUT2D eigenvalue weighted by atomic mass is 10.2. The van der Waals surface area contributed by atoms with Gasteiger partial charge in [0.15, 0.2) is 5.75 Å². The maximum absolute atomic E-state index is 11.9. The molecule has 108 valence electrons. The summed E-state index contributed by atoms with van der Waals surface area (Å²) in [5.41, 5.74) is 0.647. The molecule has 5 nitrogen and oxygen atoms in total. The summed E-state index contributed by atoms with van der Waals surface area (Å²) in [4.78, 5) is 17.9. The van der Waals surface area contributed by atoms with Crippen molar-refractivity contribution in [2.45, 2.75) is 0 Å². The first-order valence-electron chi connectivity index (χ1n) is 6.38. The van der Waals surface area contributed by atoms with E-state index in [4.69, 9.17) is 4.74 Å². The van der Waals surface area contributed by atoms with Crippen LogP contribution in [0.15, 0.2) is 59.8 Å². The van der Waals surface area contributed by atoms with E-state index in [0.29, 0.717) is 17.2 Å². The van der Waals surface area contributed by atoms with E-state index in [2.05, 4.69) is 9.99 Å². The van der Waals surface area contributed by atoms with Crippen LogP contribution in [0.25, 0.3) is 0 Å². The average Bonchev–Trinajstić information content (AvgIpc) is 2.53. The van der Waals surface area contributed by atoms with Gasteiger partial charge in [0.05, 0.1) is 5.69 Å². The number of hydrogen-bond acceptors (Lipinski definition) is 4. The van der Waals surface area contributed by atoms with Crippen LogP contribution in [0, 0.1) is 0 Å². The number of benzene rings is 2. The molecule has 0 atom stereocenters. The van der Waals surface area contributed by atoms with Crippen molar-refractivity contribution in [3.8, 4) is 11.5 Å². The van der Waals surface area contributed by atoms with Gasteiger partial charge >= 0.3 is 0 Å². The van der Waals surface area contributed by atoms with E-state index in [-0.39, 0.29) is 5.91 Å². The van der Waals surface area contributed by atoms with Crippen LogP contribution in [0.5, 0.6) is 11.5 Å². The highest BCUT2D eigenvalue weighted by Gasteiger charge is 2.14. The van der Waals surface area contributed by atoms with Crippen molar-refractivity contribution in [3.63, 3.8) is 0 Å². The number of carbonyl (C=O) groups is 1. The van der Waals surface area contributed by atoms with Gasteiger partial charge in [-0.2, -0.15) is 0 Å². The van der Waals surface area contributed by atoms with Gasteiger partial charge in [0.2, 0.25) is 0 Å². The van der Waals surface area contributed by atoms with Crippen LogP contribution >= 0.6 is 0 Å². The lowest BCUT2D eigenvalue weighted by Crippen LogP contribution is -2.27. The number of rotatable bonds is 5. The Labute approximate surface area is 123 Å². The fraction of sp³-hybridized carbons (Fsp3) is 0.125. The molecule has 0 aliphatic rings. The van der Waals surface area contributed by atoms with E-state index in [1.165, 1.54) is 12.0 Å². The van der Waals surface area contributed by atoms with E-state index in [1.54, 1.807) is 19.2 Å². The van der Waals surface area contributed by atoms with Crippen LogP contribution in [0.2, 0.25) is 0 Å². The van der Waals surface area contributed by atoms with Crippen molar-refractivity contribution >= 4 is 17.8 Å². The molecular formula is C16H16N2O3. The quantitative estimate of drug-likeness (QED) is 0.626. The number of oxime groups is 1. The lowest BCUT2D eigenvalue weighted by Gasteiger charge is -2.18. The van der Waals surface area contributed by atoms with Crippen LogP contribution in [-0.2, 0) is 9.63 Å². The summed E-state index contributed by atoms with van der Waals surface area (Å²) in [5, 5.41) is 3.47. The molecule has 0 saturated heterocycles. The molecule has 0 N–H and O–H groups in total. The van der Waals surface area contributed by atoms with E-state index in [0.717, 1.165) is 6.21 Å². The largest absolute Gasteiger partial charge is 0.455 e. The first-order valence-corrected chi connectivity index (χ1v) is 6.38. The highest BCUT2D eigenvalue weighted by Crippen LogP contribution is 2.31. The van der Waals surface area contributed by atoms with Crippen LogP contribution in [0.1, 0.15) is 0 Å². The van der Waals surface area contributed by atoms with Crippen LogP contribution in [0.3, 0.4) is 0 Å². The molecule has 0 heterocycles. The van der Waals surface area contributed by atoms with Crippen molar-refractivity contribution in [3.05, 3.63) is 54.6 Å². The normalized spacial score (nSPS) is 10.4. The van der Waals surface area contributed by atoms with Gasteiger partial charge in [-0.1, -0.05) is 35.5 Å². The summed E-state index contributed by atoms with van der Waals surface area (Å²) < 4.78 is 5.82. The molecule has 0 radical (unpaired) electrons. The zero-order chi connectivity index (χ0) is 15.1. The Balaban J connectivity index is 2.24. The summed E-state index contributed by atoms with van der Waals surface area (Å²) in [6, 6.07) is 16.7. The van der Waals surface area contributed by atoms with Crippen molar-refractivity contribution in [1.82, 2.24) is 0 Å². The first-order chi connectivity index (χ1) is 10.2. The molecule has 5 heteroatoms. The summed E-state index contributed by atoms with van der Waals surface area (Å²) >= 11 is 0. The third-order valence-electron chi connectivity index (χ3n) is 2.80. The molecule has 0 unspecified atom stereocenters. The minimum Gasteiger partial charge on any atom is -0.455 e. The molecule has 2 rings (SSSR count). The topological polar surface area (TPSA) is 51.1 Å². The van der Waals surface area contributed by atoms with Crippen molar-refractivity contribution in [2.75, 3.05) is 19.1 Å². The molecule has 0 aliphatic heterocycles. The number of para-hydroxylation sites is 3. The van der Waals surface area contributed by atoms with Gasteiger partial charge < -0.3 is 14.5 Å². The standard InChI is InChI=1S/C16H16N2O3/c1-18(16(19)12-17-20-2)14-10-6-7-11-15(14)21-13-8-4-3-5-9-13/h3-12H,1-2H3/b17-12+. The zero-order valence-electron chi connectivity index (χ0n) is 11.9. The highest BCUT2D eigenvalue weighted by atomic mass is 16.6. The second-order valence-corrected chi connectivity index (χ2v) is 4.20. The van der Waals surface area contributed by atoms with Crippen molar-refractivity contribution < 1.29 is 14.4 Å². The highest BCUT2D eigenvalue weighted by molar-refractivity contribution is 6.32. The van der Waals surface area contributed by atoms with Crippen LogP contribution < -0.4 is 9.64 Å². The Hall–Kier alpha value is -2.82. The summed E-state index contributed by atoms with van der Waals surface area (Å²) in [7, 11) is 3.04. The minimum atomic E-state index is -0.305. The molecular weight excluding hydrogens is 268 g/mol. The summed E-state index contributed by atoms with van der Waals surface area (Å²) in [6.45, 7) is 0. The second-order valence-electron chi connectivity index (χ2n) is 4.20.